The van der Waals surface area contributed by atoms with Gasteiger partial charge < -0.3 is 5.32 Å². The van der Waals surface area contributed by atoms with E-state index < -0.39 is 0 Å². The Morgan fingerprint density at radius 1 is 1.08 bits per heavy atom. The summed E-state index contributed by atoms with van der Waals surface area (Å²) in [7, 11) is 0. The second kappa shape index (κ2) is 2.98. The molecule has 0 spiro atoms. The molecule has 1 nitrogen and oxygen atoms in total. The van der Waals surface area contributed by atoms with E-state index >= 15 is 0 Å². The van der Waals surface area contributed by atoms with Crippen LogP contribution in [-0.2, 0) is 0 Å². The lowest BCUT2D eigenvalue weighted by Crippen LogP contribution is -2.39. The van der Waals surface area contributed by atoms with Crippen molar-refractivity contribution in [3.8, 4) is 0 Å². The summed E-state index contributed by atoms with van der Waals surface area (Å²) in [5, 5.41) is 3.69. The van der Waals surface area contributed by atoms with Crippen molar-refractivity contribution < 1.29 is 0 Å². The standard InChI is InChI=1S/C12H21N/c1-2-13-12-7-8-6-11(12)10-5-3-4-9(8)10/h8-13H,2-7H2,1H3/t8-,9-,10-,11-,12-/m0/s1. The summed E-state index contributed by atoms with van der Waals surface area (Å²) in [4.78, 5) is 0. The highest BCUT2D eigenvalue weighted by atomic mass is 14.9. The van der Waals surface area contributed by atoms with Crippen LogP contribution in [0.1, 0.15) is 39.0 Å². The van der Waals surface area contributed by atoms with Gasteiger partial charge in [-0.25, -0.2) is 0 Å². The van der Waals surface area contributed by atoms with Gasteiger partial charge in [0.15, 0.2) is 0 Å². The molecule has 0 aromatic rings. The van der Waals surface area contributed by atoms with Gasteiger partial charge in [0.05, 0.1) is 0 Å². The van der Waals surface area contributed by atoms with E-state index in [0.717, 1.165) is 29.7 Å². The minimum atomic E-state index is 0.898. The Labute approximate surface area is 81.3 Å². The van der Waals surface area contributed by atoms with Gasteiger partial charge in [0.1, 0.15) is 0 Å². The summed E-state index contributed by atoms with van der Waals surface area (Å²) in [6.07, 6.45) is 7.70. The number of hydrogen-bond donors (Lipinski definition) is 1. The van der Waals surface area contributed by atoms with E-state index in [0.29, 0.717) is 0 Å². The van der Waals surface area contributed by atoms with Crippen molar-refractivity contribution in [1.82, 2.24) is 5.32 Å². The molecule has 5 atom stereocenters. The average molecular weight is 179 g/mol. The molecule has 1 heteroatoms. The zero-order valence-electron chi connectivity index (χ0n) is 8.63. The van der Waals surface area contributed by atoms with Crippen molar-refractivity contribution in [2.75, 3.05) is 6.54 Å². The number of rotatable bonds is 2. The van der Waals surface area contributed by atoms with E-state index in [1.54, 1.807) is 19.3 Å². The molecular weight excluding hydrogens is 158 g/mol. The highest BCUT2D eigenvalue weighted by Crippen LogP contribution is 2.58. The molecular formula is C12H21N. The van der Waals surface area contributed by atoms with Gasteiger partial charge in [-0.15, -0.1) is 0 Å². The lowest BCUT2D eigenvalue weighted by atomic mass is 9.79. The first kappa shape index (κ1) is 8.28. The van der Waals surface area contributed by atoms with Gasteiger partial charge in [-0.05, 0) is 55.9 Å². The number of fused-ring (bicyclic) bond motifs is 5. The lowest BCUT2D eigenvalue weighted by Gasteiger charge is -2.31. The third-order valence-corrected chi connectivity index (χ3v) is 4.90. The molecule has 0 aromatic carbocycles. The summed E-state index contributed by atoms with van der Waals surface area (Å²) < 4.78 is 0. The molecule has 0 heterocycles. The lowest BCUT2D eigenvalue weighted by molar-refractivity contribution is 0.211. The molecule has 3 saturated carbocycles. The molecule has 74 valence electrons. The van der Waals surface area contributed by atoms with Gasteiger partial charge in [-0.2, -0.15) is 0 Å². The van der Waals surface area contributed by atoms with Crippen LogP contribution in [0.3, 0.4) is 0 Å². The monoisotopic (exact) mass is 179 g/mol. The van der Waals surface area contributed by atoms with E-state index in [1.165, 1.54) is 19.4 Å². The van der Waals surface area contributed by atoms with Crippen LogP contribution in [0.25, 0.3) is 0 Å². The molecule has 3 aliphatic carbocycles. The molecule has 0 aliphatic heterocycles. The molecule has 0 saturated heterocycles. The first-order chi connectivity index (χ1) is 6.40. The van der Waals surface area contributed by atoms with E-state index in [-0.39, 0.29) is 0 Å². The van der Waals surface area contributed by atoms with E-state index in [4.69, 9.17) is 0 Å². The molecule has 13 heavy (non-hydrogen) atoms. The van der Waals surface area contributed by atoms with Crippen LogP contribution in [0.4, 0.5) is 0 Å². The van der Waals surface area contributed by atoms with Crippen LogP contribution in [0, 0.1) is 23.7 Å². The Bertz CT molecular complexity index is 201. The molecule has 0 aromatic heterocycles. The van der Waals surface area contributed by atoms with Crippen LogP contribution in [0.15, 0.2) is 0 Å². The Kier molecular flexibility index (Phi) is 1.90. The van der Waals surface area contributed by atoms with Crippen molar-refractivity contribution in [3.63, 3.8) is 0 Å². The first-order valence-corrected chi connectivity index (χ1v) is 6.13. The maximum atomic E-state index is 3.69. The van der Waals surface area contributed by atoms with Crippen molar-refractivity contribution in [3.05, 3.63) is 0 Å². The van der Waals surface area contributed by atoms with Gasteiger partial charge in [0, 0.05) is 6.04 Å². The number of nitrogens with one attached hydrogen (secondary N) is 1. The van der Waals surface area contributed by atoms with Crippen molar-refractivity contribution in [2.24, 2.45) is 23.7 Å². The summed E-state index contributed by atoms with van der Waals surface area (Å²) in [6, 6.07) is 0.898. The predicted octanol–water partition coefficient (Wildman–Crippen LogP) is 2.42. The van der Waals surface area contributed by atoms with Crippen LogP contribution >= 0.6 is 0 Å². The maximum Gasteiger partial charge on any atom is 0.0101 e. The summed E-state index contributed by atoms with van der Waals surface area (Å²) in [6.45, 7) is 3.42. The zero-order chi connectivity index (χ0) is 8.84. The zero-order valence-corrected chi connectivity index (χ0v) is 8.63. The van der Waals surface area contributed by atoms with E-state index in [9.17, 15) is 0 Å². The Balaban J connectivity index is 1.74. The molecule has 0 radical (unpaired) electrons. The molecule has 3 rings (SSSR count). The van der Waals surface area contributed by atoms with E-state index in [1.807, 2.05) is 0 Å². The highest BCUT2D eigenvalue weighted by molar-refractivity contribution is 5.05. The van der Waals surface area contributed by atoms with Gasteiger partial charge in [0.25, 0.3) is 0 Å². The third-order valence-electron chi connectivity index (χ3n) is 4.90. The second-order valence-corrected chi connectivity index (χ2v) is 5.32. The quantitative estimate of drug-likeness (QED) is 0.686. The fourth-order valence-electron chi connectivity index (χ4n) is 4.56. The van der Waals surface area contributed by atoms with Crippen molar-refractivity contribution in [1.29, 1.82) is 0 Å². The molecule has 3 fully saturated rings. The summed E-state index contributed by atoms with van der Waals surface area (Å²) in [5.74, 6) is 4.46. The molecule has 0 amide bonds. The SMILES string of the molecule is CCN[C@H]1C[C@@H]2C[C@H]1[C@H]1CCC[C@@H]21. The Morgan fingerprint density at radius 2 is 1.92 bits per heavy atom. The molecule has 3 aliphatic rings. The van der Waals surface area contributed by atoms with Crippen LogP contribution in [0.2, 0.25) is 0 Å². The molecule has 0 unspecified atom stereocenters. The normalized spacial score (nSPS) is 52.8. The van der Waals surface area contributed by atoms with Crippen LogP contribution < -0.4 is 5.32 Å². The van der Waals surface area contributed by atoms with Gasteiger partial charge in [-0.1, -0.05) is 13.3 Å². The van der Waals surface area contributed by atoms with E-state index in [2.05, 4.69) is 12.2 Å². The Hall–Kier alpha value is -0.0400. The average Bonchev–Trinajstić information content (AvgIpc) is 2.72. The minimum absolute atomic E-state index is 0.898. The summed E-state index contributed by atoms with van der Waals surface area (Å²) in [5.41, 5.74) is 0. The number of hydrogen-bond acceptors (Lipinski definition) is 1. The van der Waals surface area contributed by atoms with Crippen molar-refractivity contribution in [2.45, 2.75) is 45.1 Å². The smallest absolute Gasteiger partial charge is 0.0101 e. The second-order valence-electron chi connectivity index (χ2n) is 5.32. The highest BCUT2D eigenvalue weighted by Gasteiger charge is 2.53. The topological polar surface area (TPSA) is 12.0 Å². The van der Waals surface area contributed by atoms with Crippen molar-refractivity contribution >= 4 is 0 Å². The van der Waals surface area contributed by atoms with Gasteiger partial charge in [0.2, 0.25) is 0 Å². The maximum absolute atomic E-state index is 3.69. The van der Waals surface area contributed by atoms with Gasteiger partial charge in [-0.3, -0.25) is 0 Å². The summed E-state index contributed by atoms with van der Waals surface area (Å²) >= 11 is 0. The fourth-order valence-corrected chi connectivity index (χ4v) is 4.56. The van der Waals surface area contributed by atoms with Crippen LogP contribution in [0.5, 0.6) is 0 Å². The Morgan fingerprint density at radius 3 is 2.77 bits per heavy atom. The molecule has 2 bridgehead atoms. The third kappa shape index (κ3) is 1.09. The largest absolute Gasteiger partial charge is 0.314 e. The van der Waals surface area contributed by atoms with Gasteiger partial charge >= 0.3 is 0 Å². The molecule has 1 N–H and O–H groups in total. The minimum Gasteiger partial charge on any atom is -0.314 e. The fraction of sp³-hybridized carbons (Fsp3) is 1.00. The first-order valence-electron chi connectivity index (χ1n) is 6.13. The van der Waals surface area contributed by atoms with Crippen LogP contribution in [-0.4, -0.2) is 12.6 Å². The predicted molar refractivity (Wildman–Crippen MR) is 54.5 cm³/mol.